The number of hydrogen-bond donors (Lipinski definition) is 1. The van der Waals surface area contributed by atoms with Crippen LogP contribution in [0.1, 0.15) is 52.6 Å². The van der Waals surface area contributed by atoms with Crippen molar-refractivity contribution in [1.82, 2.24) is 15.1 Å². The van der Waals surface area contributed by atoms with E-state index in [1.54, 1.807) is 0 Å². The fourth-order valence-electron chi connectivity index (χ4n) is 3.53. The van der Waals surface area contributed by atoms with Crippen LogP contribution in [0.15, 0.2) is 54.6 Å². The van der Waals surface area contributed by atoms with E-state index in [9.17, 15) is 4.79 Å². The van der Waals surface area contributed by atoms with Crippen molar-refractivity contribution in [3.05, 3.63) is 82.7 Å². The summed E-state index contributed by atoms with van der Waals surface area (Å²) in [6.07, 6.45) is 4.05. The molecule has 3 rings (SSSR count). The SMILES string of the molecule is CCCc1c(C)nn(-c2ccc(C(=O)NCCCc3ccccc3)cc2)c1C. The van der Waals surface area contributed by atoms with E-state index >= 15 is 0 Å². The monoisotopic (exact) mass is 375 g/mol. The standard InChI is InChI=1S/C24H29N3O/c1-4-9-23-18(2)26-27(19(23)3)22-15-13-21(14-16-22)24(28)25-17-8-12-20-10-6-5-7-11-20/h5-7,10-11,13-16H,4,8-9,12,17H2,1-3H3,(H,25,28). The summed E-state index contributed by atoms with van der Waals surface area (Å²) in [7, 11) is 0. The molecule has 0 saturated heterocycles. The molecule has 0 saturated carbocycles. The van der Waals surface area contributed by atoms with Gasteiger partial charge in [-0.05, 0) is 68.5 Å². The summed E-state index contributed by atoms with van der Waals surface area (Å²) in [4.78, 5) is 12.4. The van der Waals surface area contributed by atoms with Crippen molar-refractivity contribution in [2.45, 2.75) is 46.5 Å². The van der Waals surface area contributed by atoms with Gasteiger partial charge in [0.2, 0.25) is 0 Å². The van der Waals surface area contributed by atoms with Crippen LogP contribution in [0.5, 0.6) is 0 Å². The first-order valence-electron chi connectivity index (χ1n) is 10.1. The van der Waals surface area contributed by atoms with Crippen LogP contribution in [0, 0.1) is 13.8 Å². The molecule has 0 radical (unpaired) electrons. The van der Waals surface area contributed by atoms with Crippen molar-refractivity contribution in [3.63, 3.8) is 0 Å². The molecule has 4 heteroatoms. The van der Waals surface area contributed by atoms with E-state index in [1.165, 1.54) is 16.8 Å². The maximum absolute atomic E-state index is 12.4. The van der Waals surface area contributed by atoms with Crippen LogP contribution < -0.4 is 5.32 Å². The number of nitrogens with zero attached hydrogens (tertiary/aromatic N) is 2. The maximum atomic E-state index is 12.4. The van der Waals surface area contributed by atoms with Crippen LogP contribution in [0.2, 0.25) is 0 Å². The Morgan fingerprint density at radius 1 is 1.00 bits per heavy atom. The predicted molar refractivity (Wildman–Crippen MR) is 114 cm³/mol. The van der Waals surface area contributed by atoms with Gasteiger partial charge in [0.15, 0.2) is 0 Å². The summed E-state index contributed by atoms with van der Waals surface area (Å²) in [5, 5.41) is 7.69. The van der Waals surface area contributed by atoms with Crippen molar-refractivity contribution < 1.29 is 4.79 Å². The average Bonchev–Trinajstić information content (AvgIpc) is 3.00. The first-order valence-corrected chi connectivity index (χ1v) is 10.1. The van der Waals surface area contributed by atoms with Crippen molar-refractivity contribution in [2.75, 3.05) is 6.54 Å². The fraction of sp³-hybridized carbons (Fsp3) is 0.333. The number of nitrogens with one attached hydrogen (secondary N) is 1. The number of carbonyl (C=O) groups excluding carboxylic acids is 1. The number of amides is 1. The number of hydrogen-bond acceptors (Lipinski definition) is 2. The molecule has 1 aromatic heterocycles. The second kappa shape index (κ2) is 9.36. The fourth-order valence-corrected chi connectivity index (χ4v) is 3.53. The third-order valence-electron chi connectivity index (χ3n) is 5.09. The third-order valence-corrected chi connectivity index (χ3v) is 5.09. The lowest BCUT2D eigenvalue weighted by Gasteiger charge is -2.08. The first kappa shape index (κ1) is 19.9. The average molecular weight is 376 g/mol. The molecule has 28 heavy (non-hydrogen) atoms. The summed E-state index contributed by atoms with van der Waals surface area (Å²) in [5.74, 6) is -0.0281. The second-order valence-corrected chi connectivity index (χ2v) is 7.20. The van der Waals surface area contributed by atoms with E-state index in [-0.39, 0.29) is 5.91 Å². The van der Waals surface area contributed by atoms with Crippen LogP contribution >= 0.6 is 0 Å². The molecule has 0 unspecified atom stereocenters. The van der Waals surface area contributed by atoms with Crippen LogP contribution in [0.3, 0.4) is 0 Å². The Morgan fingerprint density at radius 2 is 1.71 bits per heavy atom. The zero-order valence-electron chi connectivity index (χ0n) is 17.0. The zero-order valence-corrected chi connectivity index (χ0v) is 17.0. The van der Waals surface area contributed by atoms with Crippen LogP contribution in [0.4, 0.5) is 0 Å². The highest BCUT2D eigenvalue weighted by atomic mass is 16.1. The summed E-state index contributed by atoms with van der Waals surface area (Å²) < 4.78 is 1.97. The lowest BCUT2D eigenvalue weighted by molar-refractivity contribution is 0.0953. The quantitative estimate of drug-likeness (QED) is 0.575. The van der Waals surface area contributed by atoms with Gasteiger partial charge in [-0.2, -0.15) is 5.10 Å². The van der Waals surface area contributed by atoms with Gasteiger partial charge >= 0.3 is 0 Å². The number of rotatable bonds is 8. The third kappa shape index (κ3) is 4.69. The Bertz CT molecular complexity index is 911. The van der Waals surface area contributed by atoms with E-state index in [0.717, 1.165) is 37.1 Å². The van der Waals surface area contributed by atoms with Gasteiger partial charge in [0.25, 0.3) is 5.91 Å². The lowest BCUT2D eigenvalue weighted by Crippen LogP contribution is -2.24. The van der Waals surface area contributed by atoms with E-state index in [1.807, 2.05) is 47.1 Å². The summed E-state index contributed by atoms with van der Waals surface area (Å²) in [5.41, 5.74) is 6.55. The minimum absolute atomic E-state index is 0.0281. The smallest absolute Gasteiger partial charge is 0.251 e. The van der Waals surface area contributed by atoms with Gasteiger partial charge in [-0.3, -0.25) is 4.79 Å². The Labute approximate surface area is 167 Å². The molecule has 0 fully saturated rings. The number of benzene rings is 2. The Morgan fingerprint density at radius 3 is 2.39 bits per heavy atom. The molecule has 0 atom stereocenters. The number of carbonyl (C=O) groups is 1. The van der Waals surface area contributed by atoms with E-state index < -0.39 is 0 Å². The van der Waals surface area contributed by atoms with Gasteiger partial charge in [0.1, 0.15) is 0 Å². The minimum Gasteiger partial charge on any atom is -0.352 e. The largest absolute Gasteiger partial charge is 0.352 e. The van der Waals surface area contributed by atoms with Crippen molar-refractivity contribution in [1.29, 1.82) is 0 Å². The predicted octanol–water partition coefficient (Wildman–Crippen LogP) is 4.80. The van der Waals surface area contributed by atoms with Crippen molar-refractivity contribution in [3.8, 4) is 5.69 Å². The highest BCUT2D eigenvalue weighted by Crippen LogP contribution is 2.19. The summed E-state index contributed by atoms with van der Waals surface area (Å²) in [6.45, 7) is 7.03. The molecule has 4 nitrogen and oxygen atoms in total. The van der Waals surface area contributed by atoms with Gasteiger partial charge < -0.3 is 5.32 Å². The molecule has 0 aliphatic heterocycles. The number of aryl methyl sites for hydroxylation is 2. The van der Waals surface area contributed by atoms with Gasteiger partial charge in [0, 0.05) is 17.8 Å². The van der Waals surface area contributed by atoms with Gasteiger partial charge in [0.05, 0.1) is 11.4 Å². The van der Waals surface area contributed by atoms with Gasteiger partial charge in [-0.25, -0.2) is 4.68 Å². The zero-order chi connectivity index (χ0) is 19.9. The molecule has 0 spiro atoms. The van der Waals surface area contributed by atoms with Crippen molar-refractivity contribution in [2.24, 2.45) is 0 Å². The molecule has 0 aliphatic carbocycles. The summed E-state index contributed by atoms with van der Waals surface area (Å²) >= 11 is 0. The molecule has 3 aromatic rings. The number of aromatic nitrogens is 2. The second-order valence-electron chi connectivity index (χ2n) is 7.20. The highest BCUT2D eigenvalue weighted by molar-refractivity contribution is 5.94. The molecule has 0 aliphatic rings. The molecule has 146 valence electrons. The lowest BCUT2D eigenvalue weighted by atomic mass is 10.1. The Hall–Kier alpha value is -2.88. The molecular formula is C24H29N3O. The molecule has 1 N–H and O–H groups in total. The molecule has 1 heterocycles. The van der Waals surface area contributed by atoms with Gasteiger partial charge in [-0.1, -0.05) is 43.7 Å². The van der Waals surface area contributed by atoms with E-state index in [0.29, 0.717) is 12.1 Å². The maximum Gasteiger partial charge on any atom is 0.251 e. The minimum atomic E-state index is -0.0281. The van der Waals surface area contributed by atoms with E-state index in [4.69, 9.17) is 0 Å². The van der Waals surface area contributed by atoms with Gasteiger partial charge in [-0.15, -0.1) is 0 Å². The molecular weight excluding hydrogens is 346 g/mol. The summed E-state index contributed by atoms with van der Waals surface area (Å²) in [6, 6.07) is 18.0. The molecule has 2 aromatic carbocycles. The Balaban J connectivity index is 1.58. The highest BCUT2D eigenvalue weighted by Gasteiger charge is 2.12. The van der Waals surface area contributed by atoms with Crippen LogP contribution in [0.25, 0.3) is 5.69 Å². The molecule has 0 bridgehead atoms. The Kier molecular flexibility index (Phi) is 6.64. The van der Waals surface area contributed by atoms with E-state index in [2.05, 4.69) is 43.3 Å². The normalized spacial score (nSPS) is 10.8. The van der Waals surface area contributed by atoms with Crippen LogP contribution in [-0.2, 0) is 12.8 Å². The molecule has 1 amide bonds. The van der Waals surface area contributed by atoms with Crippen molar-refractivity contribution >= 4 is 5.91 Å². The topological polar surface area (TPSA) is 46.9 Å². The first-order chi connectivity index (χ1) is 13.6. The van der Waals surface area contributed by atoms with Crippen LogP contribution in [-0.4, -0.2) is 22.2 Å².